The van der Waals surface area contributed by atoms with Crippen molar-refractivity contribution >= 4 is 5.91 Å². The molecule has 1 atom stereocenters. The third-order valence-corrected chi connectivity index (χ3v) is 4.25. The van der Waals surface area contributed by atoms with E-state index in [1.54, 1.807) is 7.05 Å². The first-order valence-corrected chi connectivity index (χ1v) is 7.93. The molecule has 23 heavy (non-hydrogen) atoms. The van der Waals surface area contributed by atoms with E-state index in [0.29, 0.717) is 5.56 Å². The molecule has 0 aliphatic carbocycles. The fourth-order valence-corrected chi connectivity index (χ4v) is 3.02. The Labute approximate surface area is 136 Å². The van der Waals surface area contributed by atoms with Crippen LogP contribution in [0.5, 0.6) is 0 Å². The van der Waals surface area contributed by atoms with Crippen LogP contribution in [0.4, 0.5) is 0 Å². The largest absolute Gasteiger partial charge is 0.355 e. The van der Waals surface area contributed by atoms with Gasteiger partial charge < -0.3 is 10.6 Å². The molecule has 5 heteroatoms. The molecule has 1 unspecified atom stereocenters. The van der Waals surface area contributed by atoms with Crippen LogP contribution in [0.15, 0.2) is 48.8 Å². The number of amides is 1. The molecule has 5 nitrogen and oxygen atoms in total. The van der Waals surface area contributed by atoms with Crippen molar-refractivity contribution in [2.75, 3.05) is 26.7 Å². The lowest BCUT2D eigenvalue weighted by molar-refractivity contribution is 0.0962. The van der Waals surface area contributed by atoms with Crippen molar-refractivity contribution in [2.24, 2.45) is 0 Å². The van der Waals surface area contributed by atoms with Crippen molar-refractivity contribution in [3.63, 3.8) is 0 Å². The lowest BCUT2D eigenvalue weighted by atomic mass is 10.00. The zero-order valence-corrected chi connectivity index (χ0v) is 13.3. The number of carbonyl (C=O) groups excluding carboxylic acids is 1. The van der Waals surface area contributed by atoms with E-state index in [2.05, 4.69) is 38.7 Å². The van der Waals surface area contributed by atoms with Gasteiger partial charge in [-0.1, -0.05) is 12.1 Å². The predicted molar refractivity (Wildman–Crippen MR) is 90.1 cm³/mol. The van der Waals surface area contributed by atoms with Gasteiger partial charge in [0.15, 0.2) is 0 Å². The monoisotopic (exact) mass is 310 g/mol. The number of benzene rings is 1. The molecular weight excluding hydrogens is 288 g/mol. The van der Waals surface area contributed by atoms with Gasteiger partial charge in [0.2, 0.25) is 0 Å². The molecule has 2 heterocycles. The molecule has 1 aliphatic heterocycles. The van der Waals surface area contributed by atoms with Gasteiger partial charge >= 0.3 is 0 Å². The molecule has 2 N–H and O–H groups in total. The number of hydrogen-bond donors (Lipinski definition) is 2. The number of pyridine rings is 1. The second kappa shape index (κ2) is 7.35. The van der Waals surface area contributed by atoms with Crippen molar-refractivity contribution in [1.82, 2.24) is 20.5 Å². The highest BCUT2D eigenvalue weighted by molar-refractivity contribution is 5.94. The fourth-order valence-electron chi connectivity index (χ4n) is 3.02. The van der Waals surface area contributed by atoms with E-state index in [1.807, 2.05) is 30.6 Å². The minimum absolute atomic E-state index is 0.0451. The maximum atomic E-state index is 11.9. The summed E-state index contributed by atoms with van der Waals surface area (Å²) in [6.07, 6.45) is 3.66. The topological polar surface area (TPSA) is 57.3 Å². The van der Waals surface area contributed by atoms with Crippen LogP contribution in [-0.4, -0.2) is 42.5 Å². The standard InChI is InChI=1S/C18H22N4O/c1-19-18(23)16-4-2-3-15(11-16)17-12-21-9-10-22(17)13-14-5-7-20-8-6-14/h2-8,11,17,21H,9-10,12-13H2,1H3,(H,19,23). The van der Waals surface area contributed by atoms with Crippen LogP contribution in [0.2, 0.25) is 0 Å². The minimum atomic E-state index is -0.0451. The maximum Gasteiger partial charge on any atom is 0.251 e. The summed E-state index contributed by atoms with van der Waals surface area (Å²) in [5.74, 6) is -0.0451. The molecule has 0 saturated carbocycles. The number of aromatic nitrogens is 1. The number of rotatable bonds is 4. The Morgan fingerprint density at radius 3 is 2.96 bits per heavy atom. The highest BCUT2D eigenvalue weighted by Crippen LogP contribution is 2.24. The van der Waals surface area contributed by atoms with Crippen molar-refractivity contribution in [3.05, 3.63) is 65.5 Å². The van der Waals surface area contributed by atoms with Crippen LogP contribution in [-0.2, 0) is 6.54 Å². The van der Waals surface area contributed by atoms with Gasteiger partial charge in [0.05, 0.1) is 0 Å². The first-order chi connectivity index (χ1) is 11.3. The smallest absolute Gasteiger partial charge is 0.251 e. The van der Waals surface area contributed by atoms with Gasteiger partial charge in [-0.05, 0) is 35.4 Å². The van der Waals surface area contributed by atoms with Crippen LogP contribution in [0.3, 0.4) is 0 Å². The van der Waals surface area contributed by atoms with Crippen molar-refractivity contribution in [1.29, 1.82) is 0 Å². The summed E-state index contributed by atoms with van der Waals surface area (Å²) in [6.45, 7) is 3.75. The third kappa shape index (κ3) is 3.75. The number of nitrogens with zero attached hydrogens (tertiary/aromatic N) is 2. The Bertz CT molecular complexity index is 659. The van der Waals surface area contributed by atoms with E-state index in [-0.39, 0.29) is 11.9 Å². The second-order valence-corrected chi connectivity index (χ2v) is 5.75. The SMILES string of the molecule is CNC(=O)c1cccc(C2CNCCN2Cc2ccncc2)c1. The van der Waals surface area contributed by atoms with Gasteiger partial charge in [-0.2, -0.15) is 0 Å². The highest BCUT2D eigenvalue weighted by atomic mass is 16.1. The van der Waals surface area contributed by atoms with E-state index < -0.39 is 0 Å². The van der Waals surface area contributed by atoms with Crippen molar-refractivity contribution in [2.45, 2.75) is 12.6 Å². The van der Waals surface area contributed by atoms with E-state index in [4.69, 9.17) is 0 Å². The molecule has 1 aromatic carbocycles. The third-order valence-electron chi connectivity index (χ3n) is 4.25. The number of carbonyl (C=O) groups is 1. The van der Waals surface area contributed by atoms with E-state index in [9.17, 15) is 4.79 Å². The normalized spacial score (nSPS) is 18.6. The van der Waals surface area contributed by atoms with Gasteiger partial charge in [0, 0.05) is 57.2 Å². The Morgan fingerprint density at radius 2 is 2.17 bits per heavy atom. The van der Waals surface area contributed by atoms with E-state index in [0.717, 1.165) is 26.2 Å². The van der Waals surface area contributed by atoms with Gasteiger partial charge in [-0.25, -0.2) is 0 Å². The number of hydrogen-bond acceptors (Lipinski definition) is 4. The number of piperazine rings is 1. The average molecular weight is 310 g/mol. The number of nitrogens with one attached hydrogen (secondary N) is 2. The van der Waals surface area contributed by atoms with Gasteiger partial charge in [-0.15, -0.1) is 0 Å². The van der Waals surface area contributed by atoms with Crippen LogP contribution in [0.1, 0.15) is 27.5 Å². The highest BCUT2D eigenvalue weighted by Gasteiger charge is 2.24. The van der Waals surface area contributed by atoms with Gasteiger partial charge in [-0.3, -0.25) is 14.7 Å². The Kier molecular flexibility index (Phi) is 5.00. The Hall–Kier alpha value is -2.24. The van der Waals surface area contributed by atoms with Crippen molar-refractivity contribution < 1.29 is 4.79 Å². The zero-order chi connectivity index (χ0) is 16.1. The van der Waals surface area contributed by atoms with Crippen LogP contribution < -0.4 is 10.6 Å². The molecule has 1 aliphatic rings. The summed E-state index contributed by atoms with van der Waals surface area (Å²) in [4.78, 5) is 18.4. The first-order valence-electron chi connectivity index (χ1n) is 7.93. The fraction of sp³-hybridized carbons (Fsp3) is 0.333. The van der Waals surface area contributed by atoms with Gasteiger partial charge in [0.1, 0.15) is 0 Å². The minimum Gasteiger partial charge on any atom is -0.355 e. The molecule has 0 radical (unpaired) electrons. The predicted octanol–water partition coefficient (Wildman–Crippen LogP) is 1.59. The Balaban J connectivity index is 1.82. The summed E-state index contributed by atoms with van der Waals surface area (Å²) in [6, 6.07) is 12.3. The van der Waals surface area contributed by atoms with E-state index >= 15 is 0 Å². The molecule has 1 fully saturated rings. The van der Waals surface area contributed by atoms with E-state index in [1.165, 1.54) is 11.1 Å². The van der Waals surface area contributed by atoms with Crippen LogP contribution >= 0.6 is 0 Å². The molecule has 1 aromatic heterocycles. The average Bonchev–Trinajstić information content (AvgIpc) is 2.62. The Morgan fingerprint density at radius 1 is 1.35 bits per heavy atom. The molecule has 0 bridgehead atoms. The molecule has 1 amide bonds. The lowest BCUT2D eigenvalue weighted by Gasteiger charge is -2.36. The maximum absolute atomic E-state index is 11.9. The lowest BCUT2D eigenvalue weighted by Crippen LogP contribution is -2.45. The van der Waals surface area contributed by atoms with Crippen LogP contribution in [0.25, 0.3) is 0 Å². The summed E-state index contributed by atoms with van der Waals surface area (Å²) in [5.41, 5.74) is 3.14. The van der Waals surface area contributed by atoms with Crippen LogP contribution in [0, 0.1) is 0 Å². The summed E-state index contributed by atoms with van der Waals surface area (Å²) >= 11 is 0. The summed E-state index contributed by atoms with van der Waals surface area (Å²) < 4.78 is 0. The molecule has 2 aromatic rings. The first kappa shape index (κ1) is 15.6. The molecule has 1 saturated heterocycles. The molecule has 120 valence electrons. The molecule has 3 rings (SSSR count). The molecule has 0 spiro atoms. The summed E-state index contributed by atoms with van der Waals surface area (Å²) in [5, 5.41) is 6.14. The second-order valence-electron chi connectivity index (χ2n) is 5.75. The summed E-state index contributed by atoms with van der Waals surface area (Å²) in [7, 11) is 1.66. The molecular formula is C18H22N4O. The van der Waals surface area contributed by atoms with Gasteiger partial charge in [0.25, 0.3) is 5.91 Å². The van der Waals surface area contributed by atoms with Crippen molar-refractivity contribution in [3.8, 4) is 0 Å². The zero-order valence-electron chi connectivity index (χ0n) is 13.3. The quantitative estimate of drug-likeness (QED) is 0.900.